The van der Waals surface area contributed by atoms with E-state index in [1.54, 1.807) is 12.1 Å². The summed E-state index contributed by atoms with van der Waals surface area (Å²) in [6.07, 6.45) is 6.24. The number of imide groups is 1. The van der Waals surface area contributed by atoms with Crippen LogP contribution >= 0.6 is 0 Å². The largest absolute Gasteiger partial charge is 0.384 e. The average Bonchev–Trinajstić information content (AvgIpc) is 2.79. The molecule has 1 heterocycles. The molecule has 1 aliphatic carbocycles. The SMILES string of the molecule is O=C(CON=C1CCCCCC1)ON1C(=O)c2ccccc2C1=O. The average molecular weight is 330 g/mol. The maximum Gasteiger partial charge on any atom is 0.373 e. The minimum absolute atomic E-state index is 0.218. The van der Waals surface area contributed by atoms with Gasteiger partial charge in [0.15, 0.2) is 0 Å². The fourth-order valence-corrected chi connectivity index (χ4v) is 2.78. The van der Waals surface area contributed by atoms with E-state index in [4.69, 9.17) is 9.68 Å². The van der Waals surface area contributed by atoms with Crippen LogP contribution in [-0.4, -0.2) is 35.2 Å². The molecule has 24 heavy (non-hydrogen) atoms. The van der Waals surface area contributed by atoms with Gasteiger partial charge in [0.05, 0.1) is 16.8 Å². The van der Waals surface area contributed by atoms with E-state index in [0.717, 1.165) is 31.4 Å². The summed E-state index contributed by atoms with van der Waals surface area (Å²) in [5, 5.41) is 4.43. The van der Waals surface area contributed by atoms with Crippen molar-refractivity contribution in [3.05, 3.63) is 35.4 Å². The molecule has 1 aromatic carbocycles. The highest BCUT2D eigenvalue weighted by Crippen LogP contribution is 2.22. The molecule has 2 aliphatic rings. The van der Waals surface area contributed by atoms with E-state index in [2.05, 4.69) is 5.16 Å². The summed E-state index contributed by atoms with van der Waals surface area (Å²) in [4.78, 5) is 45.8. The molecular weight excluding hydrogens is 312 g/mol. The number of hydrogen-bond acceptors (Lipinski definition) is 6. The molecule has 7 heteroatoms. The van der Waals surface area contributed by atoms with Gasteiger partial charge in [-0.2, -0.15) is 0 Å². The lowest BCUT2D eigenvalue weighted by Crippen LogP contribution is -2.33. The van der Waals surface area contributed by atoms with Crippen LogP contribution in [0.5, 0.6) is 0 Å². The molecule has 1 saturated carbocycles. The Morgan fingerprint density at radius 1 is 1.00 bits per heavy atom. The van der Waals surface area contributed by atoms with Crippen LogP contribution in [0.2, 0.25) is 0 Å². The Hall–Kier alpha value is -2.70. The van der Waals surface area contributed by atoms with E-state index >= 15 is 0 Å². The number of nitrogens with zero attached hydrogens (tertiary/aromatic N) is 2. The second kappa shape index (κ2) is 7.25. The standard InChI is InChI=1S/C17H18N2O5/c20-15(11-23-18-12-7-3-1-2-4-8-12)24-19-16(21)13-9-5-6-10-14(13)17(19)22/h5-6,9-10H,1-4,7-8,11H2. The van der Waals surface area contributed by atoms with Gasteiger partial charge >= 0.3 is 5.97 Å². The Balaban J connectivity index is 1.53. The van der Waals surface area contributed by atoms with Gasteiger partial charge < -0.3 is 9.68 Å². The molecule has 3 rings (SSSR count). The zero-order valence-electron chi connectivity index (χ0n) is 13.2. The van der Waals surface area contributed by atoms with Crippen molar-refractivity contribution >= 4 is 23.5 Å². The van der Waals surface area contributed by atoms with Crippen LogP contribution in [0.4, 0.5) is 0 Å². The summed E-state index contributed by atoms with van der Waals surface area (Å²) in [5.74, 6) is -2.15. The number of oxime groups is 1. The van der Waals surface area contributed by atoms with Gasteiger partial charge in [-0.05, 0) is 37.8 Å². The first-order chi connectivity index (χ1) is 11.7. The first-order valence-electron chi connectivity index (χ1n) is 8.03. The van der Waals surface area contributed by atoms with E-state index in [-0.39, 0.29) is 11.1 Å². The van der Waals surface area contributed by atoms with Crippen LogP contribution in [0.25, 0.3) is 0 Å². The quantitative estimate of drug-likeness (QED) is 0.481. The molecule has 0 aromatic heterocycles. The molecule has 0 radical (unpaired) electrons. The Bertz CT molecular complexity index is 653. The third-order valence-electron chi connectivity index (χ3n) is 4.01. The van der Waals surface area contributed by atoms with Crippen LogP contribution < -0.4 is 0 Å². The molecule has 2 amide bonds. The number of fused-ring (bicyclic) bond motifs is 1. The van der Waals surface area contributed by atoms with Gasteiger partial charge in [-0.25, -0.2) is 4.79 Å². The summed E-state index contributed by atoms with van der Waals surface area (Å²) in [5.41, 5.74) is 1.37. The minimum atomic E-state index is -0.845. The Kier molecular flexibility index (Phi) is 4.88. The predicted octanol–water partition coefficient (Wildman–Crippen LogP) is 2.47. The lowest BCUT2D eigenvalue weighted by Gasteiger charge is -2.12. The van der Waals surface area contributed by atoms with Crippen LogP contribution in [0.3, 0.4) is 0 Å². The Labute approximate surface area is 139 Å². The molecule has 0 saturated heterocycles. The highest BCUT2D eigenvalue weighted by Gasteiger charge is 2.38. The van der Waals surface area contributed by atoms with Gasteiger partial charge in [-0.3, -0.25) is 9.59 Å². The monoisotopic (exact) mass is 330 g/mol. The van der Waals surface area contributed by atoms with Crippen LogP contribution in [0, 0.1) is 0 Å². The van der Waals surface area contributed by atoms with E-state index in [9.17, 15) is 14.4 Å². The van der Waals surface area contributed by atoms with Crippen molar-refractivity contribution in [2.75, 3.05) is 6.61 Å². The Morgan fingerprint density at radius 2 is 1.58 bits per heavy atom. The number of benzene rings is 1. The molecule has 0 N–H and O–H groups in total. The van der Waals surface area contributed by atoms with Gasteiger partial charge in [0.25, 0.3) is 11.8 Å². The maximum atomic E-state index is 12.1. The van der Waals surface area contributed by atoms with Gasteiger partial charge in [-0.15, -0.1) is 0 Å². The highest BCUT2D eigenvalue weighted by atomic mass is 16.7. The molecule has 7 nitrogen and oxygen atoms in total. The van der Waals surface area contributed by atoms with E-state index in [1.165, 1.54) is 25.0 Å². The van der Waals surface area contributed by atoms with Crippen LogP contribution in [-0.2, 0) is 14.5 Å². The number of amides is 2. The minimum Gasteiger partial charge on any atom is -0.384 e. The summed E-state index contributed by atoms with van der Waals surface area (Å²) in [6.45, 7) is -0.448. The zero-order valence-corrected chi connectivity index (χ0v) is 13.2. The van der Waals surface area contributed by atoms with Crippen molar-refractivity contribution in [1.82, 2.24) is 5.06 Å². The van der Waals surface area contributed by atoms with Crippen molar-refractivity contribution in [3.8, 4) is 0 Å². The zero-order chi connectivity index (χ0) is 16.9. The summed E-state index contributed by atoms with van der Waals surface area (Å²) >= 11 is 0. The summed E-state index contributed by atoms with van der Waals surface area (Å²) in [7, 11) is 0. The molecule has 126 valence electrons. The van der Waals surface area contributed by atoms with Crippen LogP contribution in [0.15, 0.2) is 29.4 Å². The summed E-state index contributed by atoms with van der Waals surface area (Å²) in [6, 6.07) is 6.30. The van der Waals surface area contributed by atoms with Gasteiger partial charge in [0.1, 0.15) is 0 Å². The highest BCUT2D eigenvalue weighted by molar-refractivity contribution is 6.20. The van der Waals surface area contributed by atoms with Crippen molar-refractivity contribution < 1.29 is 24.1 Å². The van der Waals surface area contributed by atoms with Crippen molar-refractivity contribution in [1.29, 1.82) is 0 Å². The Morgan fingerprint density at radius 3 is 2.17 bits per heavy atom. The van der Waals surface area contributed by atoms with Crippen molar-refractivity contribution in [3.63, 3.8) is 0 Å². The third-order valence-corrected chi connectivity index (χ3v) is 4.01. The molecule has 1 fully saturated rings. The number of hydroxylamine groups is 2. The van der Waals surface area contributed by atoms with E-state index < -0.39 is 24.4 Å². The number of carbonyl (C=O) groups is 3. The molecule has 1 aromatic rings. The molecular formula is C17H18N2O5. The maximum absolute atomic E-state index is 12.1. The predicted molar refractivity (Wildman–Crippen MR) is 84.1 cm³/mol. The third kappa shape index (κ3) is 3.45. The number of hydrogen-bond donors (Lipinski definition) is 0. The van der Waals surface area contributed by atoms with E-state index in [1.807, 2.05) is 0 Å². The number of rotatable bonds is 4. The van der Waals surface area contributed by atoms with Gasteiger partial charge in [0, 0.05) is 0 Å². The lowest BCUT2D eigenvalue weighted by molar-refractivity contribution is -0.173. The molecule has 0 atom stereocenters. The number of carbonyl (C=O) groups excluding carboxylic acids is 3. The molecule has 0 spiro atoms. The summed E-state index contributed by atoms with van der Waals surface area (Å²) < 4.78 is 0. The second-order valence-electron chi connectivity index (χ2n) is 5.76. The van der Waals surface area contributed by atoms with Gasteiger partial charge in [-0.1, -0.05) is 35.2 Å². The second-order valence-corrected chi connectivity index (χ2v) is 5.76. The lowest BCUT2D eigenvalue weighted by atomic mass is 10.1. The van der Waals surface area contributed by atoms with Crippen molar-refractivity contribution in [2.24, 2.45) is 5.16 Å². The first kappa shape index (κ1) is 16.2. The molecule has 0 unspecified atom stereocenters. The van der Waals surface area contributed by atoms with Crippen molar-refractivity contribution in [2.45, 2.75) is 38.5 Å². The van der Waals surface area contributed by atoms with Crippen LogP contribution in [0.1, 0.15) is 59.2 Å². The fraction of sp³-hybridized carbons (Fsp3) is 0.412. The first-order valence-corrected chi connectivity index (χ1v) is 8.03. The smallest absolute Gasteiger partial charge is 0.373 e. The van der Waals surface area contributed by atoms with E-state index in [0.29, 0.717) is 5.06 Å². The molecule has 1 aliphatic heterocycles. The van der Waals surface area contributed by atoms with Gasteiger partial charge in [0.2, 0.25) is 6.61 Å². The topological polar surface area (TPSA) is 85.3 Å². The molecule has 0 bridgehead atoms. The fourth-order valence-electron chi connectivity index (χ4n) is 2.78. The normalized spacial score (nSPS) is 17.3.